The maximum absolute atomic E-state index is 8.42. The van der Waals surface area contributed by atoms with Crippen molar-refractivity contribution < 1.29 is 5.21 Å². The van der Waals surface area contributed by atoms with Gasteiger partial charge in [0.05, 0.1) is 11.9 Å². The second kappa shape index (κ2) is 4.33. The van der Waals surface area contributed by atoms with Crippen molar-refractivity contribution in [1.29, 1.82) is 0 Å². The van der Waals surface area contributed by atoms with Crippen LogP contribution < -0.4 is 10.2 Å². The third-order valence-corrected chi connectivity index (χ3v) is 3.58. The Morgan fingerprint density at radius 2 is 2.53 bits per heavy atom. The molecule has 0 saturated carbocycles. The van der Waals surface area contributed by atoms with E-state index in [-0.39, 0.29) is 0 Å². The molecule has 0 spiro atoms. The third kappa shape index (κ3) is 1.98. The molecule has 3 rings (SSSR count). The molecule has 2 aliphatic rings. The number of anilines is 1. The zero-order valence-electron chi connectivity index (χ0n) is 9.58. The number of piperazine rings is 1. The molecule has 2 fully saturated rings. The molecule has 3 heterocycles. The fraction of sp³-hybridized carbons (Fsp3) is 0.500. The van der Waals surface area contributed by atoms with Gasteiger partial charge >= 0.3 is 0 Å². The van der Waals surface area contributed by atoms with Crippen molar-refractivity contribution in [2.45, 2.75) is 24.9 Å². The summed E-state index contributed by atoms with van der Waals surface area (Å²) < 4.78 is 0. The Morgan fingerprint density at radius 1 is 1.59 bits per heavy atom. The lowest BCUT2D eigenvalue weighted by Gasteiger charge is -2.29. The zero-order chi connectivity index (χ0) is 11.7. The number of nitrogens with zero attached hydrogens (tertiary/aromatic N) is 3. The number of oxime groups is 1. The van der Waals surface area contributed by atoms with E-state index in [2.05, 4.69) is 26.4 Å². The zero-order valence-corrected chi connectivity index (χ0v) is 9.58. The first-order valence-corrected chi connectivity index (χ1v) is 5.96. The van der Waals surface area contributed by atoms with Crippen LogP contribution in [0.3, 0.4) is 0 Å². The van der Waals surface area contributed by atoms with Gasteiger partial charge in [0.25, 0.3) is 0 Å². The Kier molecular flexibility index (Phi) is 2.68. The van der Waals surface area contributed by atoms with Gasteiger partial charge in [0.15, 0.2) is 0 Å². The average Bonchev–Trinajstić information content (AvgIpc) is 2.99. The molecule has 1 aromatic heterocycles. The summed E-state index contributed by atoms with van der Waals surface area (Å²) in [5.74, 6) is 0. The molecule has 2 saturated heterocycles. The van der Waals surface area contributed by atoms with Gasteiger partial charge in [-0.1, -0.05) is 0 Å². The van der Waals surface area contributed by atoms with E-state index in [1.165, 1.54) is 18.3 Å². The van der Waals surface area contributed by atoms with Crippen molar-refractivity contribution >= 4 is 11.9 Å². The number of hydrogen-bond acceptors (Lipinski definition) is 5. The van der Waals surface area contributed by atoms with Crippen molar-refractivity contribution in [3.63, 3.8) is 0 Å². The summed E-state index contributed by atoms with van der Waals surface area (Å²) in [6.45, 7) is 2.15. The summed E-state index contributed by atoms with van der Waals surface area (Å²) in [7, 11) is 0. The lowest BCUT2D eigenvalue weighted by molar-refractivity contribution is 0.321. The third-order valence-electron chi connectivity index (χ3n) is 3.58. The topological polar surface area (TPSA) is 60.8 Å². The minimum Gasteiger partial charge on any atom is -0.411 e. The Balaban J connectivity index is 1.78. The second-order valence-corrected chi connectivity index (χ2v) is 4.70. The van der Waals surface area contributed by atoms with E-state index in [1.54, 1.807) is 0 Å². The minimum absolute atomic E-state index is 0.614. The maximum Gasteiger partial charge on any atom is 0.0559 e. The highest BCUT2D eigenvalue weighted by Crippen LogP contribution is 2.29. The van der Waals surface area contributed by atoms with Crippen molar-refractivity contribution in [3.05, 3.63) is 24.0 Å². The van der Waals surface area contributed by atoms with Crippen LogP contribution in [-0.2, 0) is 6.42 Å². The van der Waals surface area contributed by atoms with E-state index in [4.69, 9.17) is 5.21 Å². The van der Waals surface area contributed by atoms with Crippen LogP contribution in [0.4, 0.5) is 5.69 Å². The normalized spacial score (nSPS) is 27.2. The first kappa shape index (κ1) is 10.5. The summed E-state index contributed by atoms with van der Waals surface area (Å²) in [5.41, 5.74) is 2.26. The fourth-order valence-corrected chi connectivity index (χ4v) is 2.77. The molecular formula is C12H16N4O. The van der Waals surface area contributed by atoms with Gasteiger partial charge in [-0.3, -0.25) is 4.98 Å². The standard InChI is InChI=1S/C12H16N4O/c17-15-2-1-9-3-11(6-13-5-9)16-8-10-4-12(16)7-14-10/h2-3,5-6,10,12,14,17H,1,4,7-8H2/t10-,12-/m1/s1. The quantitative estimate of drug-likeness (QED) is 0.456. The molecule has 0 amide bonds. The van der Waals surface area contributed by atoms with Crippen LogP contribution in [0.15, 0.2) is 23.6 Å². The smallest absolute Gasteiger partial charge is 0.0559 e. The van der Waals surface area contributed by atoms with Crippen LogP contribution in [0.25, 0.3) is 0 Å². The van der Waals surface area contributed by atoms with Gasteiger partial charge in [0.2, 0.25) is 0 Å². The van der Waals surface area contributed by atoms with Crippen LogP contribution in [0.2, 0.25) is 0 Å². The van der Waals surface area contributed by atoms with E-state index in [0.29, 0.717) is 18.5 Å². The first-order valence-electron chi connectivity index (χ1n) is 5.96. The molecule has 0 aliphatic carbocycles. The van der Waals surface area contributed by atoms with E-state index in [0.717, 1.165) is 18.7 Å². The van der Waals surface area contributed by atoms with E-state index < -0.39 is 0 Å². The number of fused-ring (bicyclic) bond motifs is 2. The van der Waals surface area contributed by atoms with Gasteiger partial charge in [0.1, 0.15) is 0 Å². The van der Waals surface area contributed by atoms with Crippen molar-refractivity contribution in [3.8, 4) is 0 Å². The first-order chi connectivity index (χ1) is 8.36. The largest absolute Gasteiger partial charge is 0.411 e. The van der Waals surface area contributed by atoms with E-state index in [1.807, 2.05) is 12.4 Å². The maximum atomic E-state index is 8.42. The average molecular weight is 232 g/mol. The SMILES string of the molecule is ON=CCc1cncc(N2C[C@H]3C[C@@H]2CN3)c1. The molecule has 0 radical (unpaired) electrons. The Hall–Kier alpha value is -1.62. The highest BCUT2D eigenvalue weighted by molar-refractivity contribution is 5.62. The van der Waals surface area contributed by atoms with E-state index in [9.17, 15) is 0 Å². The molecule has 0 unspecified atom stereocenters. The second-order valence-electron chi connectivity index (χ2n) is 4.70. The lowest BCUT2D eigenvalue weighted by Crippen LogP contribution is -2.43. The molecular weight excluding hydrogens is 216 g/mol. The van der Waals surface area contributed by atoms with E-state index >= 15 is 0 Å². The summed E-state index contributed by atoms with van der Waals surface area (Å²) in [6, 6.07) is 3.39. The fourth-order valence-electron chi connectivity index (χ4n) is 2.77. The predicted molar refractivity (Wildman–Crippen MR) is 65.8 cm³/mol. The molecule has 0 aromatic carbocycles. The van der Waals surface area contributed by atoms with Crippen molar-refractivity contribution in [2.24, 2.45) is 5.16 Å². The van der Waals surface area contributed by atoms with Gasteiger partial charge in [-0.2, -0.15) is 0 Å². The molecule has 2 atom stereocenters. The summed E-state index contributed by atoms with van der Waals surface area (Å²) >= 11 is 0. The summed E-state index contributed by atoms with van der Waals surface area (Å²) in [5, 5.41) is 14.9. The van der Waals surface area contributed by atoms with Gasteiger partial charge in [0, 0.05) is 44.0 Å². The lowest BCUT2D eigenvalue weighted by atomic mass is 10.2. The predicted octanol–water partition coefficient (Wildman–Crippen LogP) is 0.635. The number of nitrogens with one attached hydrogen (secondary N) is 1. The van der Waals surface area contributed by atoms with Crippen LogP contribution >= 0.6 is 0 Å². The Morgan fingerprint density at radius 3 is 3.24 bits per heavy atom. The summed E-state index contributed by atoms with van der Waals surface area (Å²) in [6.07, 6.45) is 7.08. The van der Waals surface area contributed by atoms with Gasteiger partial charge in [-0.05, 0) is 18.1 Å². The number of pyridine rings is 1. The van der Waals surface area contributed by atoms with Crippen molar-refractivity contribution in [2.75, 3.05) is 18.0 Å². The molecule has 1 aromatic rings. The van der Waals surface area contributed by atoms with Gasteiger partial charge in [-0.15, -0.1) is 5.16 Å². The minimum atomic E-state index is 0.614. The summed E-state index contributed by atoms with van der Waals surface area (Å²) in [4.78, 5) is 6.68. The van der Waals surface area contributed by atoms with Crippen LogP contribution in [0, 0.1) is 0 Å². The molecule has 5 nitrogen and oxygen atoms in total. The monoisotopic (exact) mass is 232 g/mol. The highest BCUT2D eigenvalue weighted by atomic mass is 16.4. The Labute approximate surface area is 100 Å². The Bertz CT molecular complexity index is 434. The van der Waals surface area contributed by atoms with Crippen LogP contribution in [-0.4, -0.2) is 41.6 Å². The molecule has 17 heavy (non-hydrogen) atoms. The number of aromatic nitrogens is 1. The number of hydrogen-bond donors (Lipinski definition) is 2. The van der Waals surface area contributed by atoms with Gasteiger partial charge < -0.3 is 15.4 Å². The highest BCUT2D eigenvalue weighted by Gasteiger charge is 2.37. The molecule has 2 bridgehead atoms. The molecule has 2 aliphatic heterocycles. The molecule has 90 valence electrons. The molecule has 5 heteroatoms. The van der Waals surface area contributed by atoms with Crippen molar-refractivity contribution in [1.82, 2.24) is 10.3 Å². The molecule has 2 N–H and O–H groups in total. The van der Waals surface area contributed by atoms with Crippen LogP contribution in [0.1, 0.15) is 12.0 Å². The van der Waals surface area contributed by atoms with Crippen LogP contribution in [0.5, 0.6) is 0 Å². The van der Waals surface area contributed by atoms with Gasteiger partial charge in [-0.25, -0.2) is 0 Å². The number of rotatable bonds is 3.